The molecule has 24 heavy (non-hydrogen) atoms. The van der Waals surface area contributed by atoms with E-state index in [9.17, 15) is 9.59 Å². The number of hydrogen-bond acceptors (Lipinski definition) is 3. The molecule has 0 unspecified atom stereocenters. The lowest BCUT2D eigenvalue weighted by molar-refractivity contribution is -0.140. The van der Waals surface area contributed by atoms with Crippen molar-refractivity contribution >= 4 is 33.3 Å². The minimum Gasteiger partial charge on any atom is -0.469 e. The highest BCUT2D eigenvalue weighted by atomic mass is 16.5. The molecule has 0 N–H and O–H groups in total. The summed E-state index contributed by atoms with van der Waals surface area (Å²) in [5, 5.41) is 4.14. The Kier molecular flexibility index (Phi) is 4.90. The molecule has 0 aliphatic rings. The molecule has 3 heteroatoms. The van der Waals surface area contributed by atoms with Crippen molar-refractivity contribution in [2.75, 3.05) is 7.11 Å². The summed E-state index contributed by atoms with van der Waals surface area (Å²) < 4.78 is 4.63. The van der Waals surface area contributed by atoms with Crippen molar-refractivity contribution in [1.82, 2.24) is 0 Å². The van der Waals surface area contributed by atoms with E-state index in [0.717, 1.165) is 27.1 Å². The van der Waals surface area contributed by atoms with Crippen LogP contribution >= 0.6 is 0 Å². The van der Waals surface area contributed by atoms with Gasteiger partial charge in [0.05, 0.1) is 7.11 Å². The number of carbonyl (C=O) groups is 2. The van der Waals surface area contributed by atoms with Gasteiger partial charge in [-0.1, -0.05) is 48.5 Å². The first-order chi connectivity index (χ1) is 11.7. The third-order valence-corrected chi connectivity index (χ3v) is 4.31. The Morgan fingerprint density at radius 3 is 1.96 bits per heavy atom. The van der Waals surface area contributed by atoms with E-state index in [2.05, 4.69) is 10.8 Å². The van der Waals surface area contributed by atoms with E-state index in [1.807, 2.05) is 48.5 Å². The number of unbranched alkanes of at least 4 members (excludes halogenated alkanes) is 1. The number of rotatable bonds is 6. The number of fused-ring (bicyclic) bond motifs is 2. The molecule has 0 fully saturated rings. The molecule has 0 aliphatic carbocycles. The summed E-state index contributed by atoms with van der Waals surface area (Å²) in [6.45, 7) is 0. The lowest BCUT2D eigenvalue weighted by Gasteiger charge is -2.10. The molecule has 3 nitrogen and oxygen atoms in total. The number of Topliss-reactive ketones (excluding diaryl/α,β-unsaturated/α-hetero) is 1. The Balaban J connectivity index is 1.91. The molecule has 0 aliphatic heterocycles. The molecule has 3 rings (SSSR count). The summed E-state index contributed by atoms with van der Waals surface area (Å²) in [4.78, 5) is 24.0. The normalized spacial score (nSPS) is 10.9. The van der Waals surface area contributed by atoms with Gasteiger partial charge in [0.15, 0.2) is 5.78 Å². The third kappa shape index (κ3) is 3.30. The van der Waals surface area contributed by atoms with Crippen LogP contribution in [0.3, 0.4) is 0 Å². The molecule has 0 heterocycles. The molecule has 0 spiro atoms. The fourth-order valence-corrected chi connectivity index (χ4v) is 3.10. The largest absolute Gasteiger partial charge is 0.469 e. The van der Waals surface area contributed by atoms with Gasteiger partial charge in [-0.05, 0) is 40.5 Å². The smallest absolute Gasteiger partial charge is 0.305 e. The highest BCUT2D eigenvalue weighted by molar-refractivity contribution is 6.18. The summed E-state index contributed by atoms with van der Waals surface area (Å²) in [6.07, 6.45) is 2.15. The number of ketones is 1. The van der Waals surface area contributed by atoms with Crippen LogP contribution in [0.1, 0.15) is 36.0 Å². The molecule has 0 amide bonds. The van der Waals surface area contributed by atoms with Gasteiger partial charge in [0.2, 0.25) is 0 Å². The monoisotopic (exact) mass is 320 g/mol. The Morgan fingerprint density at radius 1 is 0.833 bits per heavy atom. The van der Waals surface area contributed by atoms with Gasteiger partial charge in [0.1, 0.15) is 0 Å². The zero-order valence-electron chi connectivity index (χ0n) is 13.7. The maximum atomic E-state index is 12.9. The SMILES string of the molecule is COC(=O)CCCCC(=O)c1c2ccccc2cc2ccccc12. The maximum Gasteiger partial charge on any atom is 0.305 e. The Morgan fingerprint density at radius 2 is 1.38 bits per heavy atom. The minimum absolute atomic E-state index is 0.132. The zero-order valence-corrected chi connectivity index (χ0v) is 13.7. The standard InChI is InChI=1S/C21H20O3/c1-24-20(23)13-7-6-12-19(22)21-17-10-4-2-8-15(17)14-16-9-3-5-11-18(16)21/h2-5,8-11,14H,6-7,12-13H2,1H3. The topological polar surface area (TPSA) is 43.4 Å². The Bertz CT molecular complexity index is 842. The lowest BCUT2D eigenvalue weighted by Crippen LogP contribution is -2.03. The molecule has 0 bridgehead atoms. The average molecular weight is 320 g/mol. The molecular weight excluding hydrogens is 300 g/mol. The zero-order chi connectivity index (χ0) is 16.9. The highest BCUT2D eigenvalue weighted by Gasteiger charge is 2.14. The van der Waals surface area contributed by atoms with Gasteiger partial charge in [-0.3, -0.25) is 9.59 Å². The molecule has 0 saturated carbocycles. The van der Waals surface area contributed by atoms with Gasteiger partial charge in [-0.15, -0.1) is 0 Å². The molecule has 3 aromatic rings. The van der Waals surface area contributed by atoms with Crippen LogP contribution in [0, 0.1) is 0 Å². The Hall–Kier alpha value is -2.68. The quantitative estimate of drug-likeness (QED) is 0.280. The first-order valence-corrected chi connectivity index (χ1v) is 8.21. The van der Waals surface area contributed by atoms with Crippen molar-refractivity contribution in [3.8, 4) is 0 Å². The van der Waals surface area contributed by atoms with Gasteiger partial charge >= 0.3 is 5.97 Å². The highest BCUT2D eigenvalue weighted by Crippen LogP contribution is 2.29. The van der Waals surface area contributed by atoms with Gasteiger partial charge in [0.25, 0.3) is 0 Å². The predicted molar refractivity (Wildman–Crippen MR) is 96.3 cm³/mol. The van der Waals surface area contributed by atoms with Gasteiger partial charge in [-0.2, -0.15) is 0 Å². The van der Waals surface area contributed by atoms with Crippen molar-refractivity contribution < 1.29 is 14.3 Å². The van der Waals surface area contributed by atoms with Crippen LogP contribution in [0.25, 0.3) is 21.5 Å². The van der Waals surface area contributed by atoms with Gasteiger partial charge in [0, 0.05) is 18.4 Å². The van der Waals surface area contributed by atoms with Crippen molar-refractivity contribution in [2.45, 2.75) is 25.7 Å². The summed E-state index contributed by atoms with van der Waals surface area (Å²) in [6, 6.07) is 18.1. The summed E-state index contributed by atoms with van der Waals surface area (Å²) >= 11 is 0. The summed E-state index contributed by atoms with van der Waals surface area (Å²) in [7, 11) is 1.38. The predicted octanol–water partition coefficient (Wildman–Crippen LogP) is 4.91. The molecular formula is C21H20O3. The number of esters is 1. The van der Waals surface area contributed by atoms with E-state index in [4.69, 9.17) is 0 Å². The Labute approximate surface area is 141 Å². The summed E-state index contributed by atoms with van der Waals surface area (Å²) in [5.41, 5.74) is 0.793. The minimum atomic E-state index is -0.224. The van der Waals surface area contributed by atoms with E-state index in [1.165, 1.54) is 7.11 Å². The fraction of sp³-hybridized carbons (Fsp3) is 0.238. The average Bonchev–Trinajstić information content (AvgIpc) is 2.62. The van der Waals surface area contributed by atoms with Crippen LogP contribution in [0.2, 0.25) is 0 Å². The van der Waals surface area contributed by atoms with Crippen LogP contribution in [0.4, 0.5) is 0 Å². The maximum absolute atomic E-state index is 12.9. The van der Waals surface area contributed by atoms with Crippen LogP contribution in [-0.4, -0.2) is 18.9 Å². The molecule has 3 aromatic carbocycles. The second kappa shape index (κ2) is 7.26. The molecule has 0 saturated heterocycles. The van der Waals surface area contributed by atoms with Crippen LogP contribution in [0.5, 0.6) is 0 Å². The first-order valence-electron chi connectivity index (χ1n) is 8.21. The molecule has 0 aromatic heterocycles. The summed E-state index contributed by atoms with van der Waals surface area (Å²) in [5.74, 6) is -0.0917. The number of ether oxygens (including phenoxy) is 1. The van der Waals surface area contributed by atoms with Crippen LogP contribution in [-0.2, 0) is 9.53 Å². The molecule has 0 radical (unpaired) electrons. The number of benzene rings is 3. The van der Waals surface area contributed by atoms with E-state index in [1.54, 1.807) is 0 Å². The van der Waals surface area contributed by atoms with E-state index in [-0.39, 0.29) is 11.8 Å². The van der Waals surface area contributed by atoms with E-state index >= 15 is 0 Å². The fourth-order valence-electron chi connectivity index (χ4n) is 3.10. The molecule has 122 valence electrons. The third-order valence-electron chi connectivity index (χ3n) is 4.31. The second-order valence-corrected chi connectivity index (χ2v) is 5.90. The van der Waals surface area contributed by atoms with E-state index < -0.39 is 0 Å². The molecule has 0 atom stereocenters. The number of hydrogen-bond donors (Lipinski definition) is 0. The van der Waals surface area contributed by atoms with Crippen LogP contribution < -0.4 is 0 Å². The van der Waals surface area contributed by atoms with Gasteiger partial charge < -0.3 is 4.74 Å². The van der Waals surface area contributed by atoms with Crippen LogP contribution in [0.15, 0.2) is 54.6 Å². The first kappa shape index (κ1) is 16.2. The lowest BCUT2D eigenvalue weighted by atomic mass is 9.92. The van der Waals surface area contributed by atoms with Crippen molar-refractivity contribution in [2.24, 2.45) is 0 Å². The second-order valence-electron chi connectivity index (χ2n) is 5.90. The van der Waals surface area contributed by atoms with Crippen molar-refractivity contribution in [1.29, 1.82) is 0 Å². The number of methoxy groups -OCH3 is 1. The van der Waals surface area contributed by atoms with Crippen molar-refractivity contribution in [3.05, 3.63) is 60.2 Å². The van der Waals surface area contributed by atoms with Crippen molar-refractivity contribution in [3.63, 3.8) is 0 Å². The van der Waals surface area contributed by atoms with E-state index in [0.29, 0.717) is 25.7 Å². The number of carbonyl (C=O) groups excluding carboxylic acids is 2. The van der Waals surface area contributed by atoms with Gasteiger partial charge in [-0.25, -0.2) is 0 Å².